The van der Waals surface area contributed by atoms with E-state index in [9.17, 15) is 0 Å². The Balaban J connectivity index is -0.000000169. The average Bonchev–Trinajstić information content (AvgIpc) is 0.823. The van der Waals surface area contributed by atoms with Crippen LogP contribution in [0, 0.1) is 0 Å². The highest BCUT2D eigenvalue weighted by Crippen LogP contribution is 2.25. The molecule has 0 saturated heterocycles. The van der Waals surface area contributed by atoms with Crippen molar-refractivity contribution in [1.29, 1.82) is 0 Å². The highest BCUT2D eigenvalue weighted by Gasteiger charge is 2.33. The van der Waals surface area contributed by atoms with E-state index in [2.05, 4.69) is 270 Å². The van der Waals surface area contributed by atoms with Gasteiger partial charge in [-0.15, -0.1) is 0 Å². The van der Waals surface area contributed by atoms with Crippen molar-refractivity contribution in [3.05, 3.63) is 48.5 Å². The second-order valence-electron chi connectivity index (χ2n) is 34.1. The van der Waals surface area contributed by atoms with E-state index >= 15 is 0 Å². The van der Waals surface area contributed by atoms with Gasteiger partial charge in [-0.05, 0) is 131 Å². The molecule has 102 heavy (non-hydrogen) atoms. The summed E-state index contributed by atoms with van der Waals surface area (Å²) in [6, 6.07) is 27.3. The van der Waals surface area contributed by atoms with Crippen molar-refractivity contribution >= 4 is 86.3 Å². The molecule has 0 bridgehead atoms. The molecule has 0 aromatic heterocycles. The van der Waals surface area contributed by atoms with Crippen molar-refractivity contribution in [2.24, 2.45) is 0 Å². The summed E-state index contributed by atoms with van der Waals surface area (Å²) in [6.07, 6.45) is 34.7. The van der Waals surface area contributed by atoms with Gasteiger partial charge in [0.25, 0.3) is 0 Å². The number of hydrogen-bond acceptors (Lipinski definition) is 6. The zero-order valence-corrected chi connectivity index (χ0v) is 85.4. The maximum absolute atomic E-state index is 6.51. The Bertz CT molecular complexity index is 1860. The van der Waals surface area contributed by atoms with Crippen LogP contribution in [0.1, 0.15) is 292 Å². The molecule has 0 saturated carbocycles. The Hall–Kier alpha value is -0.0649. The number of rotatable bonds is 46. The second kappa shape index (κ2) is 77.7. The molecular weight excluding hydrogens is 1380 g/mol. The monoisotopic (exact) mass is 1570 g/mol. The predicted molar refractivity (Wildman–Crippen MR) is 499 cm³/mol. The van der Waals surface area contributed by atoms with Gasteiger partial charge in [-0.1, -0.05) is 384 Å². The van der Waals surface area contributed by atoms with Gasteiger partial charge in [0.05, 0.1) is 32.3 Å². The molecule has 0 radical (unpaired) electrons. The third kappa shape index (κ3) is 87.2. The van der Waals surface area contributed by atoms with E-state index in [0.717, 1.165) is 52.9 Å². The van der Waals surface area contributed by atoms with Gasteiger partial charge in [0.2, 0.25) is 0 Å². The lowest BCUT2D eigenvalue weighted by molar-refractivity contribution is 0.144. The molecule has 616 valence electrons. The third-order valence-corrected chi connectivity index (χ3v) is 44.2. The van der Waals surface area contributed by atoms with Crippen molar-refractivity contribution < 1.29 is 27.2 Å². The maximum atomic E-state index is 6.51. The minimum Gasteiger partial charge on any atom is -0.456 e. The molecule has 0 amide bonds. The number of ether oxygens (including phenoxy) is 4. The van der Waals surface area contributed by atoms with E-state index in [1.165, 1.54) is 203 Å². The lowest BCUT2D eigenvalue weighted by Crippen LogP contribution is -2.45. The second-order valence-corrected chi connectivity index (χ2v) is 71.6. The summed E-state index contributed by atoms with van der Waals surface area (Å²) in [5.74, 6) is 0. The first kappa shape index (κ1) is 118. The third-order valence-electron chi connectivity index (χ3n) is 17.9. The number of benzene rings is 2. The molecule has 0 fully saturated rings. The fourth-order valence-electron chi connectivity index (χ4n) is 11.0. The molecule has 0 heterocycles. The van der Waals surface area contributed by atoms with Crippen molar-refractivity contribution in [1.82, 2.24) is 0 Å². The van der Waals surface area contributed by atoms with Crippen LogP contribution in [0.4, 0.5) is 0 Å². The van der Waals surface area contributed by atoms with E-state index in [4.69, 9.17) is 27.2 Å². The SMILES string of the molecule is CCCC.CCCCC.CCCCCC.CCCCCCC.CCCCOCC.CCCC[Si](C)(C)O[Si](C)(C)C.CCCC[Si](C)(C)O[Si](C)(C)CCCC.CCCC[Si](C)(C)c1ccc([Si](C)(C)CCCOCC)cc1.CCOCC.CCOCCC[Si](C)(C)c1ccc([Si](C)(C)C)cc1. The van der Waals surface area contributed by atoms with Crippen molar-refractivity contribution in [3.63, 3.8) is 0 Å². The van der Waals surface area contributed by atoms with Crippen LogP contribution in [0.15, 0.2) is 48.5 Å². The van der Waals surface area contributed by atoms with E-state index < -0.39 is 65.6 Å². The van der Waals surface area contributed by atoms with Gasteiger partial charge in [0.15, 0.2) is 33.3 Å². The average molecular weight is 1580 g/mol. The van der Waals surface area contributed by atoms with Crippen LogP contribution < -0.4 is 20.7 Å². The Morgan fingerprint density at radius 1 is 0.206 bits per heavy atom. The van der Waals surface area contributed by atoms with E-state index in [1.807, 2.05) is 20.8 Å². The Kier molecular flexibility index (Phi) is 89.6. The minimum absolute atomic E-state index is 0.840. The fraction of sp³-hybridized carbons (Fsp3) is 0.864. The van der Waals surface area contributed by atoms with E-state index in [0.29, 0.717) is 0 Å². The van der Waals surface area contributed by atoms with E-state index in [-0.39, 0.29) is 0 Å². The lowest BCUT2D eigenvalue weighted by atomic mass is 10.2. The zero-order valence-electron chi connectivity index (χ0n) is 77.4. The highest BCUT2D eigenvalue weighted by molar-refractivity contribution is 6.92. The first-order chi connectivity index (χ1) is 47.7. The van der Waals surface area contributed by atoms with Crippen LogP contribution in [0.2, 0.25) is 154 Å². The summed E-state index contributed by atoms with van der Waals surface area (Å²) < 4.78 is 33.6. The Labute approximate surface area is 655 Å². The largest absolute Gasteiger partial charge is 0.456 e. The van der Waals surface area contributed by atoms with Crippen LogP contribution in [0.25, 0.3) is 0 Å². The number of hydrogen-bond donors (Lipinski definition) is 0. The maximum Gasteiger partial charge on any atom is 0.173 e. The molecule has 2 rings (SSSR count). The van der Waals surface area contributed by atoms with Crippen LogP contribution in [0.5, 0.6) is 0 Å². The van der Waals surface area contributed by atoms with E-state index in [1.54, 1.807) is 20.7 Å². The normalized spacial score (nSPS) is 11.6. The van der Waals surface area contributed by atoms with Gasteiger partial charge < -0.3 is 27.2 Å². The van der Waals surface area contributed by atoms with Gasteiger partial charge in [0, 0.05) is 52.9 Å². The van der Waals surface area contributed by atoms with Gasteiger partial charge in [-0.2, -0.15) is 0 Å². The predicted octanol–water partition coefficient (Wildman–Crippen LogP) is 29.6. The Morgan fingerprint density at radius 2 is 0.431 bits per heavy atom. The van der Waals surface area contributed by atoms with Gasteiger partial charge in [-0.3, -0.25) is 0 Å². The Morgan fingerprint density at radius 3 is 0.647 bits per heavy atom. The van der Waals surface area contributed by atoms with Gasteiger partial charge in [0.1, 0.15) is 0 Å². The van der Waals surface area contributed by atoms with Crippen molar-refractivity contribution in [2.45, 2.75) is 446 Å². The van der Waals surface area contributed by atoms with Crippen LogP contribution in [-0.4, -0.2) is 118 Å². The summed E-state index contributed by atoms with van der Waals surface area (Å²) in [7, 11) is -10.2. The van der Waals surface area contributed by atoms with Crippen LogP contribution in [0.3, 0.4) is 0 Å². The molecule has 0 spiro atoms. The smallest absolute Gasteiger partial charge is 0.173 e. The molecule has 0 aliphatic carbocycles. The summed E-state index contributed by atoms with van der Waals surface area (Å²) in [5.41, 5.74) is 0. The van der Waals surface area contributed by atoms with Gasteiger partial charge >= 0.3 is 0 Å². The molecule has 0 aliphatic heterocycles. The summed E-state index contributed by atoms with van der Waals surface area (Å²) in [4.78, 5) is 0. The van der Waals surface area contributed by atoms with Crippen LogP contribution >= 0.6 is 0 Å². The molecule has 0 aliphatic rings. The molecule has 2 aromatic carbocycles. The molecule has 14 heteroatoms. The topological polar surface area (TPSA) is 55.4 Å². The molecule has 0 N–H and O–H groups in total. The van der Waals surface area contributed by atoms with Crippen molar-refractivity contribution in [2.75, 3.05) is 52.9 Å². The van der Waals surface area contributed by atoms with Crippen LogP contribution in [-0.2, 0) is 27.2 Å². The first-order valence-corrected chi connectivity index (χ1v) is 69.5. The summed E-state index contributed by atoms with van der Waals surface area (Å²) >= 11 is 0. The summed E-state index contributed by atoms with van der Waals surface area (Å²) in [5, 5.41) is 6.39. The van der Waals surface area contributed by atoms with Crippen molar-refractivity contribution in [3.8, 4) is 0 Å². The quantitative estimate of drug-likeness (QED) is 0.0486. The summed E-state index contributed by atoms with van der Waals surface area (Å²) in [6.45, 7) is 89.5. The number of unbranched alkanes of at least 4 members (excludes halogenated alkanes) is 15. The minimum atomic E-state index is -1.35. The zero-order chi connectivity index (χ0) is 80.5. The molecule has 0 atom stereocenters. The molecular formula is C88H196O6Si8. The van der Waals surface area contributed by atoms with Gasteiger partial charge in [-0.25, -0.2) is 0 Å². The lowest BCUT2D eigenvalue weighted by Gasteiger charge is -2.34. The molecule has 0 unspecified atom stereocenters. The first-order valence-electron chi connectivity index (χ1n) is 43.6. The highest BCUT2D eigenvalue weighted by atomic mass is 28.4. The molecule has 6 nitrogen and oxygen atoms in total. The molecule has 2 aromatic rings. The standard InChI is InChI=1S/C19H36OSi2.C16H30OSi2.C12H30OSi2.C9H24OSi2.C7H16.C6H14O.C6H14.C5H12.C4H10O.C4H10/c1-7-9-16-21(3,4)18-11-13-19(14-12-18)22(5,6)17-10-15-20-8-2;1-7-17-13-8-14-19(5,6)16-11-9-15(10-12-16)18(2,3)4;1-7-9-11-14(3,4)13-15(5,6)12-10-8-2;1-7-8-9-12(5,6)10-11(2,3)4;1-3-5-7-6-4-2;1-3-5-6-7-4-2;1-3-5-6-4-2;2*1-3-5-4-2;1-3-4-2/h11-14H,7-10,15-17H2,1-6H3;9-12H,7-8,13-14H2,1-6H3;7-12H2,1-6H3;7-9H2,1-6H3;3-7H2,1-2H3;3-6H2,1-2H3;3-6H2,1-2H3;3-5H2,1-2H3;3-4H2,1-2H3;3-4H2,1-2H3. The fourth-order valence-corrected chi connectivity index (χ4v) is 37.0.